The molecule has 0 unspecified atom stereocenters. The van der Waals surface area contributed by atoms with Gasteiger partial charge < -0.3 is 5.73 Å². The molecule has 0 saturated carbocycles. The molecule has 1 aromatic rings. The summed E-state index contributed by atoms with van der Waals surface area (Å²) in [6.45, 7) is -0.718. The lowest BCUT2D eigenvalue weighted by atomic mass is 10.3. The van der Waals surface area contributed by atoms with Crippen molar-refractivity contribution in [2.75, 3.05) is 18.8 Å². The predicted octanol–water partition coefficient (Wildman–Crippen LogP) is 3.15. The number of rotatable bonds is 4. The van der Waals surface area contributed by atoms with E-state index in [4.69, 9.17) is 28.9 Å². The average Bonchev–Trinajstić information content (AvgIpc) is 2.22. The smallest absolute Gasteiger partial charge is 0.399 e. The van der Waals surface area contributed by atoms with Crippen molar-refractivity contribution in [3.05, 3.63) is 22.2 Å². The summed E-state index contributed by atoms with van der Waals surface area (Å²) in [7, 11) is -4.47. The van der Waals surface area contributed by atoms with Gasteiger partial charge in [0.25, 0.3) is 0 Å². The van der Waals surface area contributed by atoms with Gasteiger partial charge in [0.15, 0.2) is 0 Å². The van der Waals surface area contributed by atoms with E-state index < -0.39 is 27.6 Å². The van der Waals surface area contributed by atoms with E-state index in [-0.39, 0.29) is 26.6 Å². The number of nitrogen functional groups attached to an aromatic ring is 1. The van der Waals surface area contributed by atoms with Crippen molar-refractivity contribution in [1.82, 2.24) is 4.31 Å². The summed E-state index contributed by atoms with van der Waals surface area (Å²) >= 11 is 11.5. The van der Waals surface area contributed by atoms with Gasteiger partial charge in [-0.05, 0) is 12.1 Å². The van der Waals surface area contributed by atoms with E-state index in [0.29, 0.717) is 0 Å². The zero-order valence-electron chi connectivity index (χ0n) is 10.2. The molecule has 10 heteroatoms. The number of nitrogens with zero attached hydrogens (tertiary/aromatic N) is 1. The normalized spacial score (nSPS) is 12.9. The quantitative estimate of drug-likeness (QED) is 0.848. The molecule has 2 N–H and O–H groups in total. The summed E-state index contributed by atoms with van der Waals surface area (Å²) in [4.78, 5) is -0.582. The largest absolute Gasteiger partial charge is 0.402 e. The fraction of sp³-hybridized carbons (Fsp3) is 0.400. The van der Waals surface area contributed by atoms with Gasteiger partial charge in [0, 0.05) is 12.2 Å². The van der Waals surface area contributed by atoms with E-state index in [1.54, 1.807) is 0 Å². The summed E-state index contributed by atoms with van der Waals surface area (Å²) in [5.74, 6) is 0. The van der Waals surface area contributed by atoms with E-state index in [1.807, 2.05) is 0 Å². The number of halogens is 5. The van der Waals surface area contributed by atoms with E-state index >= 15 is 0 Å². The Balaban J connectivity index is 3.35. The van der Waals surface area contributed by atoms with Crippen LogP contribution in [0.2, 0.25) is 10.0 Å². The van der Waals surface area contributed by atoms with Gasteiger partial charge >= 0.3 is 6.18 Å². The molecule has 0 atom stereocenters. The molecule has 4 nitrogen and oxygen atoms in total. The second kappa shape index (κ2) is 5.97. The minimum absolute atomic E-state index is 0.109. The Morgan fingerprint density at radius 1 is 1.25 bits per heavy atom. The lowest BCUT2D eigenvalue weighted by Gasteiger charge is -2.23. The van der Waals surface area contributed by atoms with Crippen LogP contribution < -0.4 is 5.73 Å². The van der Waals surface area contributed by atoms with Crippen molar-refractivity contribution in [3.63, 3.8) is 0 Å². The van der Waals surface area contributed by atoms with Crippen LogP contribution in [0.1, 0.15) is 6.92 Å². The van der Waals surface area contributed by atoms with E-state index in [9.17, 15) is 21.6 Å². The van der Waals surface area contributed by atoms with Crippen LogP contribution in [0.3, 0.4) is 0 Å². The van der Waals surface area contributed by atoms with Gasteiger partial charge in [-0.3, -0.25) is 0 Å². The summed E-state index contributed by atoms with van der Waals surface area (Å²) in [5.41, 5.74) is 5.53. The number of hydrogen-bond acceptors (Lipinski definition) is 3. The van der Waals surface area contributed by atoms with Crippen LogP contribution in [0.5, 0.6) is 0 Å². The van der Waals surface area contributed by atoms with Gasteiger partial charge in [-0.15, -0.1) is 0 Å². The van der Waals surface area contributed by atoms with Crippen molar-refractivity contribution in [2.45, 2.75) is 18.0 Å². The maximum atomic E-state index is 12.4. The lowest BCUT2D eigenvalue weighted by molar-refractivity contribution is -0.135. The molecule has 0 fully saturated rings. The first-order valence-corrected chi connectivity index (χ1v) is 7.50. The second-order valence-electron chi connectivity index (χ2n) is 3.86. The van der Waals surface area contributed by atoms with E-state index in [0.717, 1.165) is 12.1 Å². The van der Waals surface area contributed by atoms with Crippen LogP contribution in [0.15, 0.2) is 17.0 Å². The van der Waals surface area contributed by atoms with Crippen molar-refractivity contribution >= 4 is 38.9 Å². The molecule has 20 heavy (non-hydrogen) atoms. The van der Waals surface area contributed by atoms with Crippen molar-refractivity contribution in [2.24, 2.45) is 0 Å². The molecule has 114 valence electrons. The van der Waals surface area contributed by atoms with Crippen LogP contribution in [0.25, 0.3) is 0 Å². The molecular formula is C10H11Cl2F3N2O2S. The molecule has 0 aliphatic rings. The highest BCUT2D eigenvalue weighted by molar-refractivity contribution is 7.89. The Labute approximate surface area is 124 Å². The third-order valence-corrected chi connectivity index (χ3v) is 5.17. The minimum atomic E-state index is -4.67. The van der Waals surface area contributed by atoms with Crippen LogP contribution >= 0.6 is 23.2 Å². The molecule has 0 saturated heterocycles. The van der Waals surface area contributed by atoms with Gasteiger partial charge in [-0.2, -0.15) is 17.5 Å². The number of hydrogen-bond donors (Lipinski definition) is 1. The molecular weight excluding hydrogens is 340 g/mol. The molecule has 0 aliphatic heterocycles. The maximum absolute atomic E-state index is 12.4. The van der Waals surface area contributed by atoms with Gasteiger partial charge in [-0.1, -0.05) is 30.1 Å². The maximum Gasteiger partial charge on any atom is 0.402 e. The zero-order chi connectivity index (χ0) is 15.7. The Kier molecular flexibility index (Phi) is 5.18. The Morgan fingerprint density at radius 2 is 1.70 bits per heavy atom. The lowest BCUT2D eigenvalue weighted by Crippen LogP contribution is -2.39. The Hall–Kier alpha value is -0.700. The second-order valence-corrected chi connectivity index (χ2v) is 6.55. The standard InChI is InChI=1S/C10H11Cl2F3N2O2S/c1-2-17(5-10(13,14)15)20(18,19)9-7(11)3-6(16)4-8(9)12/h3-4H,2,5,16H2,1H3. The van der Waals surface area contributed by atoms with Gasteiger partial charge in [-0.25, -0.2) is 8.42 Å². The van der Waals surface area contributed by atoms with Crippen LogP contribution in [0, 0.1) is 0 Å². The third kappa shape index (κ3) is 3.91. The average molecular weight is 351 g/mol. The summed E-state index contributed by atoms with van der Waals surface area (Å²) < 4.78 is 61.9. The molecule has 1 rings (SSSR count). The van der Waals surface area contributed by atoms with Crippen LogP contribution in [0.4, 0.5) is 18.9 Å². The fourth-order valence-electron chi connectivity index (χ4n) is 1.52. The highest BCUT2D eigenvalue weighted by Crippen LogP contribution is 2.34. The molecule has 0 heterocycles. The summed E-state index contributed by atoms with van der Waals surface area (Å²) in [6.07, 6.45) is -4.67. The highest BCUT2D eigenvalue weighted by Gasteiger charge is 2.37. The van der Waals surface area contributed by atoms with Gasteiger partial charge in [0.2, 0.25) is 10.0 Å². The first kappa shape index (κ1) is 17.4. The van der Waals surface area contributed by atoms with Crippen molar-refractivity contribution in [3.8, 4) is 0 Å². The number of alkyl halides is 3. The molecule has 0 bridgehead atoms. The number of nitrogens with two attached hydrogens (primary N) is 1. The van der Waals surface area contributed by atoms with E-state index in [2.05, 4.69) is 0 Å². The number of anilines is 1. The number of sulfonamides is 1. The summed E-state index contributed by atoms with van der Waals surface area (Å²) in [5, 5.41) is -0.647. The van der Waals surface area contributed by atoms with Crippen LogP contribution in [-0.2, 0) is 10.0 Å². The van der Waals surface area contributed by atoms with Gasteiger partial charge in [0.05, 0.1) is 10.0 Å². The van der Waals surface area contributed by atoms with E-state index in [1.165, 1.54) is 6.92 Å². The molecule has 0 aromatic heterocycles. The molecule has 0 spiro atoms. The minimum Gasteiger partial charge on any atom is -0.399 e. The monoisotopic (exact) mass is 350 g/mol. The fourth-order valence-corrected chi connectivity index (χ4v) is 4.14. The number of benzene rings is 1. The SMILES string of the molecule is CCN(CC(F)(F)F)S(=O)(=O)c1c(Cl)cc(N)cc1Cl. The Bertz CT molecular complexity index is 582. The van der Waals surface area contributed by atoms with Crippen LogP contribution in [-0.4, -0.2) is 32.0 Å². The van der Waals surface area contributed by atoms with Gasteiger partial charge in [0.1, 0.15) is 11.4 Å². The first-order valence-electron chi connectivity index (χ1n) is 5.30. The first-order chi connectivity index (χ1) is 8.99. The van der Waals surface area contributed by atoms with Crippen molar-refractivity contribution in [1.29, 1.82) is 0 Å². The highest BCUT2D eigenvalue weighted by atomic mass is 35.5. The zero-order valence-corrected chi connectivity index (χ0v) is 12.5. The Morgan fingerprint density at radius 3 is 2.05 bits per heavy atom. The molecule has 1 aromatic carbocycles. The molecule has 0 aliphatic carbocycles. The summed E-state index contributed by atoms with van der Waals surface area (Å²) in [6, 6.07) is 2.23. The predicted molar refractivity (Wildman–Crippen MR) is 71.4 cm³/mol. The third-order valence-electron chi connectivity index (χ3n) is 2.33. The van der Waals surface area contributed by atoms with Crippen molar-refractivity contribution < 1.29 is 21.6 Å². The molecule has 0 amide bonds. The topological polar surface area (TPSA) is 63.4 Å². The molecule has 0 radical (unpaired) electrons.